The summed E-state index contributed by atoms with van der Waals surface area (Å²) in [6, 6.07) is 7.39. The minimum Gasteiger partial charge on any atom is -0.492 e. The van der Waals surface area contributed by atoms with Gasteiger partial charge in [0, 0.05) is 25.1 Å². The predicted molar refractivity (Wildman–Crippen MR) is 62.7 cm³/mol. The minimum absolute atomic E-state index is 0.0290. The Morgan fingerprint density at radius 1 is 1.35 bits per heavy atom. The molecule has 0 saturated heterocycles. The molecule has 0 amide bonds. The lowest BCUT2D eigenvalue weighted by atomic mass is 10.1. The van der Waals surface area contributed by atoms with Gasteiger partial charge in [0.15, 0.2) is 0 Å². The molecule has 90 valence electrons. The molecule has 17 heavy (non-hydrogen) atoms. The van der Waals surface area contributed by atoms with Crippen LogP contribution in [0.2, 0.25) is 0 Å². The predicted octanol–water partition coefficient (Wildman–Crippen LogP) is 1.90. The second-order valence-electron chi connectivity index (χ2n) is 3.83. The molecule has 0 fully saturated rings. The summed E-state index contributed by atoms with van der Waals surface area (Å²) in [6.07, 6.45) is 5.65. The molecule has 2 aromatic rings. The molecule has 0 bridgehead atoms. The first-order valence-corrected chi connectivity index (χ1v) is 5.54. The quantitative estimate of drug-likeness (QED) is 0.828. The van der Waals surface area contributed by atoms with Crippen molar-refractivity contribution in [2.75, 3.05) is 13.2 Å². The molecule has 0 radical (unpaired) electrons. The monoisotopic (exact) mass is 233 g/mol. The van der Waals surface area contributed by atoms with Crippen LogP contribution in [-0.4, -0.2) is 23.3 Å². The first kappa shape index (κ1) is 11.7. The molecule has 4 nitrogen and oxygen atoms in total. The van der Waals surface area contributed by atoms with Crippen molar-refractivity contribution in [1.29, 1.82) is 0 Å². The van der Waals surface area contributed by atoms with Crippen LogP contribution >= 0.6 is 0 Å². The number of hydrogen-bond acceptors (Lipinski definition) is 4. The molecule has 0 saturated carbocycles. The van der Waals surface area contributed by atoms with E-state index < -0.39 is 0 Å². The van der Waals surface area contributed by atoms with E-state index in [1.165, 1.54) is 0 Å². The van der Waals surface area contributed by atoms with Gasteiger partial charge in [-0.1, -0.05) is 0 Å². The van der Waals surface area contributed by atoms with E-state index in [-0.39, 0.29) is 12.5 Å². The first-order chi connectivity index (χ1) is 8.38. The number of hydrogen-bond donors (Lipinski definition) is 1. The van der Waals surface area contributed by atoms with Gasteiger partial charge >= 0.3 is 0 Å². The van der Waals surface area contributed by atoms with Crippen molar-refractivity contribution >= 4 is 0 Å². The fraction of sp³-hybridized carbons (Fsp3) is 0.308. The Morgan fingerprint density at radius 3 is 2.94 bits per heavy atom. The molecular formula is C13H15NO3. The lowest BCUT2D eigenvalue weighted by Crippen LogP contribution is -2.18. The molecule has 2 rings (SSSR count). The molecule has 0 spiro atoms. The zero-order valence-corrected chi connectivity index (χ0v) is 9.45. The van der Waals surface area contributed by atoms with Gasteiger partial charge in [0.2, 0.25) is 0 Å². The van der Waals surface area contributed by atoms with Gasteiger partial charge in [0.1, 0.15) is 11.5 Å². The molecule has 4 heteroatoms. The van der Waals surface area contributed by atoms with E-state index in [4.69, 9.17) is 9.15 Å². The van der Waals surface area contributed by atoms with Crippen molar-refractivity contribution in [2.45, 2.75) is 6.42 Å². The molecule has 2 heterocycles. The standard InChI is InChI=1S/C13H15NO3/c15-9-11(7-12-4-2-6-16-12)10-17-13-3-1-5-14-8-13/h1-6,8,11,15H,7,9-10H2. The van der Waals surface area contributed by atoms with Gasteiger partial charge < -0.3 is 14.3 Å². The molecule has 0 aromatic carbocycles. The zero-order chi connectivity index (χ0) is 11.9. The maximum absolute atomic E-state index is 9.27. The third kappa shape index (κ3) is 3.60. The van der Waals surface area contributed by atoms with E-state index >= 15 is 0 Å². The Bertz CT molecular complexity index is 413. The fourth-order valence-corrected chi connectivity index (χ4v) is 1.54. The van der Waals surface area contributed by atoms with E-state index in [0.29, 0.717) is 18.8 Å². The summed E-state index contributed by atoms with van der Waals surface area (Å²) in [5.74, 6) is 1.60. The third-order valence-electron chi connectivity index (χ3n) is 2.45. The summed E-state index contributed by atoms with van der Waals surface area (Å²) >= 11 is 0. The maximum atomic E-state index is 9.27. The van der Waals surface area contributed by atoms with Crippen LogP contribution < -0.4 is 4.74 Å². The van der Waals surface area contributed by atoms with Gasteiger partial charge in [-0.15, -0.1) is 0 Å². The van der Waals surface area contributed by atoms with E-state index in [1.54, 1.807) is 18.7 Å². The first-order valence-electron chi connectivity index (χ1n) is 5.54. The third-order valence-corrected chi connectivity index (χ3v) is 2.45. The summed E-state index contributed by atoms with van der Waals surface area (Å²) in [7, 11) is 0. The largest absolute Gasteiger partial charge is 0.492 e. The highest BCUT2D eigenvalue weighted by Gasteiger charge is 2.11. The van der Waals surface area contributed by atoms with Crippen LogP contribution in [0, 0.1) is 5.92 Å². The molecule has 0 aliphatic heterocycles. The zero-order valence-electron chi connectivity index (χ0n) is 9.45. The molecular weight excluding hydrogens is 218 g/mol. The van der Waals surface area contributed by atoms with Crippen LogP contribution in [0.15, 0.2) is 47.3 Å². The smallest absolute Gasteiger partial charge is 0.137 e. The van der Waals surface area contributed by atoms with Crippen LogP contribution in [0.3, 0.4) is 0 Å². The van der Waals surface area contributed by atoms with Crippen molar-refractivity contribution in [1.82, 2.24) is 4.98 Å². The summed E-state index contributed by atoms with van der Waals surface area (Å²) in [4.78, 5) is 3.96. The van der Waals surface area contributed by atoms with Crippen LogP contribution in [0.5, 0.6) is 5.75 Å². The lowest BCUT2D eigenvalue weighted by Gasteiger charge is -2.13. The van der Waals surface area contributed by atoms with E-state index in [2.05, 4.69) is 4.98 Å². The van der Waals surface area contributed by atoms with Crippen molar-refractivity contribution < 1.29 is 14.3 Å². The van der Waals surface area contributed by atoms with Crippen molar-refractivity contribution in [3.05, 3.63) is 48.7 Å². The number of aliphatic hydroxyl groups is 1. The highest BCUT2D eigenvalue weighted by atomic mass is 16.5. The van der Waals surface area contributed by atoms with Gasteiger partial charge in [0.25, 0.3) is 0 Å². The van der Waals surface area contributed by atoms with Gasteiger partial charge in [-0.3, -0.25) is 4.98 Å². The molecule has 2 aromatic heterocycles. The van der Waals surface area contributed by atoms with Gasteiger partial charge in [-0.2, -0.15) is 0 Å². The number of furan rings is 1. The Hall–Kier alpha value is -1.81. The Kier molecular flexibility index (Phi) is 4.16. The van der Waals surface area contributed by atoms with Crippen molar-refractivity contribution in [3.8, 4) is 5.75 Å². The van der Waals surface area contributed by atoms with Crippen LogP contribution in [0.1, 0.15) is 5.76 Å². The Balaban J connectivity index is 1.84. The minimum atomic E-state index is 0.0290. The summed E-state index contributed by atoms with van der Waals surface area (Å²) in [5, 5.41) is 9.27. The summed E-state index contributed by atoms with van der Waals surface area (Å²) in [6.45, 7) is 0.518. The van der Waals surface area contributed by atoms with Crippen LogP contribution in [0.25, 0.3) is 0 Å². The number of rotatable bonds is 6. The van der Waals surface area contributed by atoms with Gasteiger partial charge in [0.05, 0.1) is 19.1 Å². The van der Waals surface area contributed by atoms with Crippen molar-refractivity contribution in [3.63, 3.8) is 0 Å². The Morgan fingerprint density at radius 2 is 2.29 bits per heavy atom. The summed E-state index contributed by atoms with van der Waals surface area (Å²) in [5.41, 5.74) is 0. The lowest BCUT2D eigenvalue weighted by molar-refractivity contribution is 0.157. The number of aromatic nitrogens is 1. The highest BCUT2D eigenvalue weighted by Crippen LogP contribution is 2.12. The number of ether oxygens (including phenoxy) is 1. The molecule has 0 aliphatic carbocycles. The highest BCUT2D eigenvalue weighted by molar-refractivity contribution is 5.15. The van der Waals surface area contributed by atoms with Crippen LogP contribution in [0.4, 0.5) is 0 Å². The fourth-order valence-electron chi connectivity index (χ4n) is 1.54. The van der Waals surface area contributed by atoms with E-state index in [1.807, 2.05) is 24.3 Å². The van der Waals surface area contributed by atoms with Crippen LogP contribution in [-0.2, 0) is 6.42 Å². The summed E-state index contributed by atoms with van der Waals surface area (Å²) < 4.78 is 10.8. The average Bonchev–Trinajstić information content (AvgIpc) is 2.88. The normalized spacial score (nSPS) is 12.3. The molecule has 1 N–H and O–H groups in total. The topological polar surface area (TPSA) is 55.5 Å². The number of aliphatic hydroxyl groups excluding tert-OH is 1. The number of pyridine rings is 1. The Labute approximate surface area is 99.9 Å². The van der Waals surface area contributed by atoms with E-state index in [0.717, 1.165) is 5.76 Å². The average molecular weight is 233 g/mol. The maximum Gasteiger partial charge on any atom is 0.137 e. The van der Waals surface area contributed by atoms with Crippen molar-refractivity contribution in [2.24, 2.45) is 5.92 Å². The molecule has 1 atom stereocenters. The SMILES string of the molecule is OCC(COc1cccnc1)Cc1ccco1. The van der Waals surface area contributed by atoms with Gasteiger partial charge in [-0.25, -0.2) is 0 Å². The van der Waals surface area contributed by atoms with Gasteiger partial charge in [-0.05, 0) is 24.3 Å². The van der Waals surface area contributed by atoms with E-state index in [9.17, 15) is 5.11 Å². The molecule has 1 unspecified atom stereocenters. The molecule has 0 aliphatic rings. The second-order valence-corrected chi connectivity index (χ2v) is 3.83. The second kappa shape index (κ2) is 6.06. The number of nitrogens with zero attached hydrogens (tertiary/aromatic N) is 1.